The zero-order chi connectivity index (χ0) is 22.0. The highest BCUT2D eigenvalue weighted by atomic mass is 32.2. The topological polar surface area (TPSA) is 103 Å². The Hall–Kier alpha value is -2.17. The van der Waals surface area contributed by atoms with Gasteiger partial charge in [0.1, 0.15) is 5.69 Å². The SMILES string of the molecule is CC(C)CN1CCN(C(=O)[C@@H]2CCCN(S(=O)(=O)c3ccc(-c4ccn[nH]4)o3)C2)CC1. The Kier molecular flexibility index (Phi) is 6.49. The summed E-state index contributed by atoms with van der Waals surface area (Å²) in [5.41, 5.74) is 0.616. The van der Waals surface area contributed by atoms with Crippen LogP contribution in [0.25, 0.3) is 11.5 Å². The molecule has 0 aliphatic carbocycles. The summed E-state index contributed by atoms with van der Waals surface area (Å²) in [5, 5.41) is 6.52. The number of piperazine rings is 1. The third-order valence-corrected chi connectivity index (χ3v) is 7.72. The van der Waals surface area contributed by atoms with Crippen molar-refractivity contribution in [2.24, 2.45) is 11.8 Å². The molecule has 2 aromatic heterocycles. The number of carbonyl (C=O) groups excluding carboxylic acids is 1. The van der Waals surface area contributed by atoms with Crippen molar-refractivity contribution in [2.45, 2.75) is 31.8 Å². The molecule has 1 N–H and O–H groups in total. The number of rotatable bonds is 6. The monoisotopic (exact) mass is 449 g/mol. The lowest BCUT2D eigenvalue weighted by Gasteiger charge is -2.39. The number of nitrogens with one attached hydrogen (secondary N) is 1. The summed E-state index contributed by atoms with van der Waals surface area (Å²) in [5.74, 6) is 0.790. The van der Waals surface area contributed by atoms with Crippen LogP contribution in [0.3, 0.4) is 0 Å². The van der Waals surface area contributed by atoms with Crippen LogP contribution in [0, 0.1) is 11.8 Å². The molecule has 10 heteroatoms. The Morgan fingerprint density at radius 3 is 2.65 bits per heavy atom. The molecule has 4 rings (SSSR count). The minimum Gasteiger partial charge on any atom is -0.442 e. The van der Waals surface area contributed by atoms with Crippen molar-refractivity contribution < 1.29 is 17.6 Å². The third-order valence-electron chi connectivity index (χ3n) is 5.98. The van der Waals surface area contributed by atoms with Crippen LogP contribution in [-0.4, -0.2) is 84.4 Å². The number of nitrogens with zero attached hydrogens (tertiary/aromatic N) is 4. The van der Waals surface area contributed by atoms with Gasteiger partial charge in [0.25, 0.3) is 10.0 Å². The van der Waals surface area contributed by atoms with Gasteiger partial charge in [-0.3, -0.25) is 14.8 Å². The smallest absolute Gasteiger partial charge is 0.276 e. The van der Waals surface area contributed by atoms with Crippen molar-refractivity contribution in [3.8, 4) is 11.5 Å². The molecule has 0 saturated carbocycles. The fraction of sp³-hybridized carbons (Fsp3) is 0.619. The van der Waals surface area contributed by atoms with Gasteiger partial charge in [-0.2, -0.15) is 9.40 Å². The molecule has 0 bridgehead atoms. The molecule has 2 fully saturated rings. The average molecular weight is 450 g/mol. The van der Waals surface area contributed by atoms with Crippen LogP contribution < -0.4 is 0 Å². The summed E-state index contributed by atoms with van der Waals surface area (Å²) < 4.78 is 33.3. The molecular formula is C21H31N5O4S. The summed E-state index contributed by atoms with van der Waals surface area (Å²) in [6.07, 6.45) is 2.96. The lowest BCUT2D eigenvalue weighted by molar-refractivity contribution is -0.138. The summed E-state index contributed by atoms with van der Waals surface area (Å²) in [7, 11) is -3.80. The van der Waals surface area contributed by atoms with Gasteiger partial charge in [0.05, 0.1) is 5.92 Å². The maximum Gasteiger partial charge on any atom is 0.276 e. The molecule has 170 valence electrons. The van der Waals surface area contributed by atoms with E-state index in [-0.39, 0.29) is 23.5 Å². The van der Waals surface area contributed by atoms with E-state index in [9.17, 15) is 13.2 Å². The van der Waals surface area contributed by atoms with Crippen molar-refractivity contribution in [2.75, 3.05) is 45.8 Å². The molecule has 0 radical (unpaired) electrons. The minimum absolute atomic E-state index is 0.0710. The Morgan fingerprint density at radius 2 is 1.97 bits per heavy atom. The number of carbonyl (C=O) groups is 1. The predicted octanol–water partition coefficient (Wildman–Crippen LogP) is 1.87. The van der Waals surface area contributed by atoms with Gasteiger partial charge in [0.15, 0.2) is 5.76 Å². The second-order valence-corrected chi connectivity index (χ2v) is 10.7. The van der Waals surface area contributed by atoms with Crippen LogP contribution in [0.5, 0.6) is 0 Å². The quantitative estimate of drug-likeness (QED) is 0.722. The lowest BCUT2D eigenvalue weighted by Crippen LogP contribution is -2.53. The first-order valence-corrected chi connectivity index (χ1v) is 12.4. The first kappa shape index (κ1) is 22.0. The molecule has 2 aliphatic heterocycles. The van der Waals surface area contributed by atoms with Gasteiger partial charge in [-0.05, 0) is 37.0 Å². The molecule has 2 aliphatic rings. The van der Waals surface area contributed by atoms with Gasteiger partial charge >= 0.3 is 0 Å². The van der Waals surface area contributed by atoms with Gasteiger partial charge in [-0.15, -0.1) is 0 Å². The Morgan fingerprint density at radius 1 is 1.19 bits per heavy atom. The number of hydrogen-bond donors (Lipinski definition) is 1. The second-order valence-electron chi connectivity index (χ2n) is 8.81. The highest BCUT2D eigenvalue weighted by Crippen LogP contribution is 2.29. The Bertz CT molecular complexity index is 977. The molecule has 31 heavy (non-hydrogen) atoms. The Labute approximate surface area is 183 Å². The summed E-state index contributed by atoms with van der Waals surface area (Å²) in [6.45, 7) is 9.21. The van der Waals surface area contributed by atoms with E-state index in [0.29, 0.717) is 49.8 Å². The van der Waals surface area contributed by atoms with E-state index in [2.05, 4.69) is 28.9 Å². The van der Waals surface area contributed by atoms with E-state index in [4.69, 9.17) is 4.42 Å². The fourth-order valence-corrected chi connectivity index (χ4v) is 5.85. The van der Waals surface area contributed by atoms with Gasteiger partial charge in [0.2, 0.25) is 11.0 Å². The fourth-order valence-electron chi connectivity index (χ4n) is 4.41. The lowest BCUT2D eigenvalue weighted by atomic mass is 9.97. The number of H-pyrrole nitrogens is 1. The van der Waals surface area contributed by atoms with Crippen LogP contribution in [0.4, 0.5) is 0 Å². The van der Waals surface area contributed by atoms with Crippen LogP contribution in [0.1, 0.15) is 26.7 Å². The van der Waals surface area contributed by atoms with Gasteiger partial charge in [-0.1, -0.05) is 13.8 Å². The molecule has 2 aromatic rings. The van der Waals surface area contributed by atoms with Crippen LogP contribution in [0.2, 0.25) is 0 Å². The first-order valence-electron chi connectivity index (χ1n) is 11.0. The van der Waals surface area contributed by atoms with E-state index in [0.717, 1.165) is 19.6 Å². The van der Waals surface area contributed by atoms with E-state index < -0.39 is 10.0 Å². The summed E-state index contributed by atoms with van der Waals surface area (Å²) in [6, 6.07) is 4.79. The largest absolute Gasteiger partial charge is 0.442 e. The highest BCUT2D eigenvalue weighted by Gasteiger charge is 2.37. The van der Waals surface area contributed by atoms with Crippen molar-refractivity contribution >= 4 is 15.9 Å². The van der Waals surface area contributed by atoms with Gasteiger partial charge in [0, 0.05) is 52.0 Å². The van der Waals surface area contributed by atoms with E-state index in [1.165, 1.54) is 10.4 Å². The number of furan rings is 1. The normalized spacial score (nSPS) is 21.6. The van der Waals surface area contributed by atoms with Crippen molar-refractivity contribution in [3.63, 3.8) is 0 Å². The maximum absolute atomic E-state index is 13.1. The minimum atomic E-state index is -3.80. The van der Waals surface area contributed by atoms with Crippen LogP contribution in [0.15, 0.2) is 33.9 Å². The van der Waals surface area contributed by atoms with Crippen molar-refractivity contribution in [1.82, 2.24) is 24.3 Å². The van der Waals surface area contributed by atoms with E-state index in [1.54, 1.807) is 18.3 Å². The molecule has 0 aromatic carbocycles. The first-order chi connectivity index (χ1) is 14.8. The number of sulfonamides is 1. The van der Waals surface area contributed by atoms with Crippen molar-refractivity contribution in [1.29, 1.82) is 0 Å². The highest BCUT2D eigenvalue weighted by molar-refractivity contribution is 7.89. The van der Waals surface area contributed by atoms with Crippen LogP contribution in [-0.2, 0) is 14.8 Å². The molecule has 0 spiro atoms. The zero-order valence-corrected chi connectivity index (χ0v) is 19.0. The number of aromatic amines is 1. The molecule has 1 atom stereocenters. The van der Waals surface area contributed by atoms with Crippen molar-refractivity contribution in [3.05, 3.63) is 24.4 Å². The number of piperidine rings is 1. The second kappa shape index (κ2) is 9.13. The van der Waals surface area contributed by atoms with Gasteiger partial charge < -0.3 is 9.32 Å². The number of hydrogen-bond acceptors (Lipinski definition) is 6. The van der Waals surface area contributed by atoms with E-state index in [1.807, 2.05) is 4.90 Å². The number of amides is 1. The molecule has 2 saturated heterocycles. The molecule has 1 amide bonds. The van der Waals surface area contributed by atoms with Crippen LogP contribution >= 0.6 is 0 Å². The average Bonchev–Trinajstić information content (AvgIpc) is 3.45. The number of aromatic nitrogens is 2. The third kappa shape index (κ3) is 4.86. The van der Waals surface area contributed by atoms with Gasteiger partial charge in [-0.25, -0.2) is 8.42 Å². The maximum atomic E-state index is 13.1. The predicted molar refractivity (Wildman–Crippen MR) is 116 cm³/mol. The Balaban J connectivity index is 1.39. The molecular weight excluding hydrogens is 418 g/mol. The van der Waals surface area contributed by atoms with E-state index >= 15 is 0 Å². The molecule has 0 unspecified atom stereocenters. The summed E-state index contributed by atoms with van der Waals surface area (Å²) in [4.78, 5) is 17.4. The molecule has 4 heterocycles. The standard InChI is InChI=1S/C21H31N5O4S/c1-16(2)14-24-10-12-25(13-11-24)21(27)17-4-3-9-26(15-17)31(28,29)20-6-5-19(30-20)18-7-8-22-23-18/h5-8,16-17H,3-4,9-15H2,1-2H3,(H,22,23)/t17-/m1/s1. The summed E-state index contributed by atoms with van der Waals surface area (Å²) >= 11 is 0. The zero-order valence-electron chi connectivity index (χ0n) is 18.2. The molecule has 9 nitrogen and oxygen atoms in total.